The van der Waals surface area contributed by atoms with Gasteiger partial charge in [-0.25, -0.2) is 0 Å². The van der Waals surface area contributed by atoms with E-state index >= 15 is 0 Å². The molecule has 0 amide bonds. The van der Waals surface area contributed by atoms with Crippen LogP contribution in [-0.2, 0) is 4.74 Å². The third-order valence-corrected chi connectivity index (χ3v) is 5.37. The van der Waals surface area contributed by atoms with Crippen LogP contribution < -0.4 is 10.6 Å². The van der Waals surface area contributed by atoms with Crippen molar-refractivity contribution in [3.05, 3.63) is 0 Å². The summed E-state index contributed by atoms with van der Waals surface area (Å²) in [6, 6.07) is 0.434. The summed E-state index contributed by atoms with van der Waals surface area (Å²) in [6.45, 7) is 6.68. The summed E-state index contributed by atoms with van der Waals surface area (Å²) in [6.07, 6.45) is 10.5. The molecule has 5 nitrogen and oxygen atoms in total. The summed E-state index contributed by atoms with van der Waals surface area (Å²) in [7, 11) is 0. The number of guanidine groups is 1. The number of rotatable bonds is 8. The Bertz CT molecular complexity index is 362. The summed E-state index contributed by atoms with van der Waals surface area (Å²) >= 11 is 0. The Morgan fingerprint density at radius 2 is 1.83 bits per heavy atom. The summed E-state index contributed by atoms with van der Waals surface area (Å²) in [4.78, 5) is 4.77. The zero-order valence-corrected chi connectivity index (χ0v) is 15.6. The first kappa shape index (κ1) is 19.5. The molecule has 0 aromatic carbocycles. The topological polar surface area (TPSA) is 65.9 Å². The minimum absolute atomic E-state index is 0.110. The average molecular weight is 340 g/mol. The van der Waals surface area contributed by atoms with Crippen LogP contribution in [0.3, 0.4) is 0 Å². The minimum atomic E-state index is -0.110. The minimum Gasteiger partial charge on any atom is -0.393 e. The third kappa shape index (κ3) is 6.60. The van der Waals surface area contributed by atoms with Crippen LogP contribution in [0.4, 0.5) is 0 Å². The molecule has 3 N–H and O–H groups in total. The number of ether oxygens (including phenoxy) is 1. The monoisotopic (exact) mass is 339 g/mol. The van der Waals surface area contributed by atoms with Gasteiger partial charge in [0, 0.05) is 25.7 Å². The SMILES string of the molecule is CCNC(=NCCC(OCC)C1CCCC1)NC1CCC(O)CC1. The maximum atomic E-state index is 9.63. The van der Waals surface area contributed by atoms with Gasteiger partial charge in [0.2, 0.25) is 0 Å². The molecule has 2 aliphatic carbocycles. The third-order valence-electron chi connectivity index (χ3n) is 5.37. The Labute approximate surface area is 147 Å². The van der Waals surface area contributed by atoms with Crippen LogP contribution in [0.25, 0.3) is 0 Å². The number of nitrogens with zero attached hydrogens (tertiary/aromatic N) is 1. The van der Waals surface area contributed by atoms with Crippen LogP contribution in [0, 0.1) is 5.92 Å². The molecule has 0 aliphatic heterocycles. The van der Waals surface area contributed by atoms with Gasteiger partial charge in [-0.1, -0.05) is 12.8 Å². The Morgan fingerprint density at radius 3 is 2.46 bits per heavy atom. The molecule has 1 atom stereocenters. The second kappa shape index (κ2) is 10.9. The summed E-state index contributed by atoms with van der Waals surface area (Å²) < 4.78 is 5.99. The largest absolute Gasteiger partial charge is 0.393 e. The Hall–Kier alpha value is -0.810. The molecule has 0 saturated heterocycles. The molecule has 0 spiro atoms. The summed E-state index contributed by atoms with van der Waals surface area (Å²) in [5, 5.41) is 16.5. The standard InChI is InChI=1S/C19H37N3O2/c1-3-20-19(22-16-9-11-17(23)12-10-16)21-14-13-18(24-4-2)15-7-5-6-8-15/h15-18,23H,3-14H2,1-2H3,(H2,20,21,22). The van der Waals surface area contributed by atoms with Crippen molar-refractivity contribution in [2.24, 2.45) is 10.9 Å². The van der Waals surface area contributed by atoms with Crippen LogP contribution in [0.15, 0.2) is 4.99 Å². The Morgan fingerprint density at radius 1 is 1.12 bits per heavy atom. The van der Waals surface area contributed by atoms with E-state index in [0.717, 1.165) is 63.7 Å². The molecule has 0 aromatic rings. The molecule has 2 rings (SSSR count). The lowest BCUT2D eigenvalue weighted by Gasteiger charge is -2.28. The Balaban J connectivity index is 1.80. The molecule has 0 heterocycles. The highest BCUT2D eigenvalue weighted by Crippen LogP contribution is 2.30. The first-order valence-electron chi connectivity index (χ1n) is 10.1. The fourth-order valence-electron chi connectivity index (χ4n) is 4.04. The van der Waals surface area contributed by atoms with Crippen LogP contribution in [0.1, 0.15) is 71.6 Å². The van der Waals surface area contributed by atoms with Crippen LogP contribution in [0.5, 0.6) is 0 Å². The lowest BCUT2D eigenvalue weighted by molar-refractivity contribution is 0.0177. The molecule has 0 bridgehead atoms. The highest BCUT2D eigenvalue weighted by molar-refractivity contribution is 5.80. The van der Waals surface area contributed by atoms with Gasteiger partial charge < -0.3 is 20.5 Å². The highest BCUT2D eigenvalue weighted by Gasteiger charge is 2.25. The molecule has 140 valence electrons. The van der Waals surface area contributed by atoms with Gasteiger partial charge in [-0.3, -0.25) is 4.99 Å². The second-order valence-electron chi connectivity index (χ2n) is 7.24. The fourth-order valence-corrected chi connectivity index (χ4v) is 4.04. The zero-order chi connectivity index (χ0) is 17.2. The summed E-state index contributed by atoms with van der Waals surface area (Å²) in [5.41, 5.74) is 0. The van der Waals surface area contributed by atoms with Crippen LogP contribution in [-0.4, -0.2) is 49.0 Å². The fraction of sp³-hybridized carbons (Fsp3) is 0.947. The van der Waals surface area contributed by atoms with E-state index in [1.54, 1.807) is 0 Å². The van der Waals surface area contributed by atoms with Gasteiger partial charge in [0.1, 0.15) is 0 Å². The van der Waals surface area contributed by atoms with Crippen LogP contribution in [0.2, 0.25) is 0 Å². The van der Waals surface area contributed by atoms with Crippen molar-refractivity contribution in [3.63, 3.8) is 0 Å². The normalized spacial score (nSPS) is 27.2. The predicted molar refractivity (Wildman–Crippen MR) is 99.4 cm³/mol. The number of aliphatic imine (C=N–C) groups is 1. The molecular formula is C19H37N3O2. The molecule has 0 aromatic heterocycles. The van der Waals surface area contributed by atoms with E-state index in [0.29, 0.717) is 12.1 Å². The maximum Gasteiger partial charge on any atom is 0.191 e. The van der Waals surface area contributed by atoms with Gasteiger partial charge in [-0.15, -0.1) is 0 Å². The maximum absolute atomic E-state index is 9.63. The molecule has 24 heavy (non-hydrogen) atoms. The Kier molecular flexibility index (Phi) is 8.89. The number of aliphatic hydroxyl groups excluding tert-OH is 1. The first-order chi connectivity index (χ1) is 11.7. The molecular weight excluding hydrogens is 302 g/mol. The molecule has 5 heteroatoms. The van der Waals surface area contributed by atoms with E-state index in [4.69, 9.17) is 9.73 Å². The van der Waals surface area contributed by atoms with Crippen molar-refractivity contribution in [1.82, 2.24) is 10.6 Å². The number of hydrogen-bond donors (Lipinski definition) is 3. The van der Waals surface area contributed by atoms with Crippen molar-refractivity contribution in [2.45, 2.75) is 89.9 Å². The highest BCUT2D eigenvalue weighted by atomic mass is 16.5. The number of nitrogens with one attached hydrogen (secondary N) is 2. The molecule has 1 unspecified atom stereocenters. The van der Waals surface area contributed by atoms with Crippen molar-refractivity contribution in [2.75, 3.05) is 19.7 Å². The van der Waals surface area contributed by atoms with Crippen molar-refractivity contribution < 1.29 is 9.84 Å². The van der Waals surface area contributed by atoms with Gasteiger partial charge in [0.25, 0.3) is 0 Å². The smallest absolute Gasteiger partial charge is 0.191 e. The number of hydrogen-bond acceptors (Lipinski definition) is 3. The average Bonchev–Trinajstić information content (AvgIpc) is 3.10. The van der Waals surface area contributed by atoms with E-state index in [9.17, 15) is 5.11 Å². The van der Waals surface area contributed by atoms with Gasteiger partial charge >= 0.3 is 0 Å². The van der Waals surface area contributed by atoms with E-state index in [2.05, 4.69) is 24.5 Å². The second-order valence-corrected chi connectivity index (χ2v) is 7.24. The molecule has 2 fully saturated rings. The quantitative estimate of drug-likeness (QED) is 0.470. The van der Waals surface area contributed by atoms with Crippen molar-refractivity contribution >= 4 is 5.96 Å². The van der Waals surface area contributed by atoms with Gasteiger partial charge in [-0.2, -0.15) is 0 Å². The van der Waals surface area contributed by atoms with E-state index in [1.165, 1.54) is 25.7 Å². The van der Waals surface area contributed by atoms with Crippen LogP contribution >= 0.6 is 0 Å². The van der Waals surface area contributed by atoms with Gasteiger partial charge in [-0.05, 0) is 64.7 Å². The molecule has 2 aliphatic rings. The van der Waals surface area contributed by atoms with Gasteiger partial charge in [0.15, 0.2) is 5.96 Å². The van der Waals surface area contributed by atoms with E-state index in [1.807, 2.05) is 0 Å². The molecule has 2 saturated carbocycles. The van der Waals surface area contributed by atoms with Crippen molar-refractivity contribution in [1.29, 1.82) is 0 Å². The van der Waals surface area contributed by atoms with E-state index in [-0.39, 0.29) is 6.10 Å². The first-order valence-corrected chi connectivity index (χ1v) is 10.1. The van der Waals surface area contributed by atoms with Crippen molar-refractivity contribution in [3.8, 4) is 0 Å². The molecule has 0 radical (unpaired) electrons. The summed E-state index contributed by atoms with van der Waals surface area (Å²) in [5.74, 6) is 1.65. The zero-order valence-electron chi connectivity index (χ0n) is 15.6. The van der Waals surface area contributed by atoms with E-state index < -0.39 is 0 Å². The predicted octanol–water partition coefficient (Wildman–Crippen LogP) is 2.83. The number of aliphatic hydroxyl groups is 1. The lowest BCUT2D eigenvalue weighted by Crippen LogP contribution is -2.45. The van der Waals surface area contributed by atoms with Gasteiger partial charge in [0.05, 0.1) is 12.2 Å². The lowest BCUT2D eigenvalue weighted by atomic mass is 9.93.